The predicted octanol–water partition coefficient (Wildman–Crippen LogP) is 2.44. The third kappa shape index (κ3) is 5.29. The van der Waals surface area contributed by atoms with Crippen molar-refractivity contribution in [3.8, 4) is 11.8 Å². The molecule has 0 saturated carbocycles. The zero-order chi connectivity index (χ0) is 17.2. The van der Waals surface area contributed by atoms with Gasteiger partial charge in [0.1, 0.15) is 18.2 Å². The van der Waals surface area contributed by atoms with Crippen LogP contribution in [0.3, 0.4) is 0 Å². The molecule has 2 rings (SSSR count). The van der Waals surface area contributed by atoms with Crippen LogP contribution in [0.2, 0.25) is 0 Å². The van der Waals surface area contributed by atoms with Crippen LogP contribution in [-0.4, -0.2) is 26.2 Å². The van der Waals surface area contributed by atoms with Crippen molar-refractivity contribution in [2.45, 2.75) is 6.54 Å². The monoisotopic (exact) mass is 326 g/mol. The molecule has 6 heteroatoms. The summed E-state index contributed by atoms with van der Waals surface area (Å²) in [5, 5.41) is 15.0. The standard InChI is InChI=1S/C18H19FN4O/c1-21-18(22-9-10-24-16-5-3-2-4-6-16)23-13-15-11-14(12-20)7-8-17(15)19/h2-8,11H,9-10,13H2,1H3,(H2,21,22,23). The third-order valence-electron chi connectivity index (χ3n) is 3.25. The highest BCUT2D eigenvalue weighted by Gasteiger charge is 2.05. The van der Waals surface area contributed by atoms with Gasteiger partial charge in [-0.05, 0) is 30.3 Å². The van der Waals surface area contributed by atoms with Crippen molar-refractivity contribution in [3.63, 3.8) is 0 Å². The van der Waals surface area contributed by atoms with Crippen LogP contribution >= 0.6 is 0 Å². The summed E-state index contributed by atoms with van der Waals surface area (Å²) in [5.74, 6) is 0.982. The zero-order valence-electron chi connectivity index (χ0n) is 13.4. The quantitative estimate of drug-likeness (QED) is 0.486. The fraction of sp³-hybridized carbons (Fsp3) is 0.222. The summed E-state index contributed by atoms with van der Waals surface area (Å²) in [6.07, 6.45) is 0. The van der Waals surface area contributed by atoms with Gasteiger partial charge in [0, 0.05) is 19.2 Å². The third-order valence-corrected chi connectivity index (χ3v) is 3.25. The van der Waals surface area contributed by atoms with Gasteiger partial charge < -0.3 is 15.4 Å². The predicted molar refractivity (Wildman–Crippen MR) is 91.3 cm³/mol. The molecule has 0 amide bonds. The first-order valence-electron chi connectivity index (χ1n) is 7.54. The highest BCUT2D eigenvalue weighted by molar-refractivity contribution is 5.79. The second-order valence-corrected chi connectivity index (χ2v) is 4.93. The van der Waals surface area contributed by atoms with E-state index in [-0.39, 0.29) is 12.4 Å². The molecule has 0 aromatic heterocycles. The fourth-order valence-corrected chi connectivity index (χ4v) is 2.03. The molecule has 2 aromatic carbocycles. The van der Waals surface area contributed by atoms with E-state index in [1.807, 2.05) is 36.4 Å². The average Bonchev–Trinajstić information content (AvgIpc) is 2.63. The Morgan fingerprint density at radius 1 is 1.21 bits per heavy atom. The smallest absolute Gasteiger partial charge is 0.191 e. The number of hydrogen-bond donors (Lipinski definition) is 2. The Kier molecular flexibility index (Phi) is 6.59. The average molecular weight is 326 g/mol. The molecule has 24 heavy (non-hydrogen) atoms. The Hall–Kier alpha value is -3.07. The van der Waals surface area contributed by atoms with E-state index in [9.17, 15) is 4.39 Å². The first kappa shape index (κ1) is 17.3. The van der Waals surface area contributed by atoms with Crippen LogP contribution in [-0.2, 0) is 6.54 Å². The number of ether oxygens (including phenoxy) is 1. The van der Waals surface area contributed by atoms with Crippen molar-refractivity contribution in [2.24, 2.45) is 4.99 Å². The number of halogens is 1. The molecule has 0 fully saturated rings. The van der Waals surface area contributed by atoms with Crippen molar-refractivity contribution in [2.75, 3.05) is 20.2 Å². The van der Waals surface area contributed by atoms with Crippen molar-refractivity contribution in [1.29, 1.82) is 5.26 Å². The molecule has 0 aliphatic heterocycles. The number of hydrogen-bond acceptors (Lipinski definition) is 3. The number of nitrogens with one attached hydrogen (secondary N) is 2. The van der Waals surface area contributed by atoms with Crippen LogP contribution in [0.1, 0.15) is 11.1 Å². The molecule has 2 aromatic rings. The number of nitriles is 1. The number of benzene rings is 2. The molecular weight excluding hydrogens is 307 g/mol. The van der Waals surface area contributed by atoms with Crippen molar-refractivity contribution >= 4 is 5.96 Å². The number of aliphatic imine (C=N–C) groups is 1. The van der Waals surface area contributed by atoms with Crippen LogP contribution in [0.5, 0.6) is 5.75 Å². The lowest BCUT2D eigenvalue weighted by Crippen LogP contribution is -2.39. The van der Waals surface area contributed by atoms with Crippen LogP contribution < -0.4 is 15.4 Å². The van der Waals surface area contributed by atoms with Gasteiger partial charge in [-0.15, -0.1) is 0 Å². The molecule has 0 aliphatic rings. The van der Waals surface area contributed by atoms with E-state index in [1.165, 1.54) is 18.2 Å². The molecule has 0 unspecified atom stereocenters. The van der Waals surface area contributed by atoms with Gasteiger partial charge in [0.25, 0.3) is 0 Å². The minimum atomic E-state index is -0.357. The Balaban J connectivity index is 1.78. The molecule has 0 saturated heterocycles. The summed E-state index contributed by atoms with van der Waals surface area (Å²) in [6.45, 7) is 1.26. The second kappa shape index (κ2) is 9.16. The van der Waals surface area contributed by atoms with Crippen molar-refractivity contribution in [3.05, 3.63) is 65.5 Å². The van der Waals surface area contributed by atoms with E-state index in [1.54, 1.807) is 7.05 Å². The van der Waals surface area contributed by atoms with Crippen molar-refractivity contribution in [1.82, 2.24) is 10.6 Å². The fourth-order valence-electron chi connectivity index (χ4n) is 2.03. The van der Waals surface area contributed by atoms with Gasteiger partial charge in [0.05, 0.1) is 18.2 Å². The Morgan fingerprint density at radius 2 is 2.00 bits per heavy atom. The SMILES string of the molecule is CN=C(NCCOc1ccccc1)NCc1cc(C#N)ccc1F. The molecule has 5 nitrogen and oxygen atoms in total. The van der Waals surface area contributed by atoms with Gasteiger partial charge in [-0.3, -0.25) is 4.99 Å². The lowest BCUT2D eigenvalue weighted by Gasteiger charge is -2.13. The number of para-hydroxylation sites is 1. The normalized spacial score (nSPS) is 10.8. The van der Waals surface area contributed by atoms with Crippen LogP contribution in [0.15, 0.2) is 53.5 Å². The summed E-state index contributed by atoms with van der Waals surface area (Å²) in [6, 6.07) is 15.8. The highest BCUT2D eigenvalue weighted by atomic mass is 19.1. The van der Waals surface area contributed by atoms with Crippen molar-refractivity contribution < 1.29 is 9.13 Å². The van der Waals surface area contributed by atoms with E-state index >= 15 is 0 Å². The Bertz CT molecular complexity index is 726. The summed E-state index contributed by atoms with van der Waals surface area (Å²) >= 11 is 0. The molecule has 0 heterocycles. The zero-order valence-corrected chi connectivity index (χ0v) is 13.4. The Labute approximate surface area is 140 Å². The molecule has 0 spiro atoms. The maximum atomic E-state index is 13.7. The molecule has 0 atom stereocenters. The van der Waals surface area contributed by atoms with E-state index in [4.69, 9.17) is 10.00 Å². The van der Waals surface area contributed by atoms with Gasteiger partial charge in [0.2, 0.25) is 0 Å². The summed E-state index contributed by atoms with van der Waals surface area (Å²) < 4.78 is 19.3. The minimum Gasteiger partial charge on any atom is -0.492 e. The minimum absolute atomic E-state index is 0.237. The van der Waals surface area contributed by atoms with Gasteiger partial charge in [-0.25, -0.2) is 4.39 Å². The summed E-state index contributed by atoms with van der Waals surface area (Å²) in [5.41, 5.74) is 0.838. The summed E-state index contributed by atoms with van der Waals surface area (Å²) in [4.78, 5) is 4.07. The molecule has 0 aliphatic carbocycles. The Morgan fingerprint density at radius 3 is 2.71 bits per heavy atom. The topological polar surface area (TPSA) is 69.4 Å². The maximum Gasteiger partial charge on any atom is 0.191 e. The van der Waals surface area contributed by atoms with Gasteiger partial charge in [-0.1, -0.05) is 18.2 Å². The lowest BCUT2D eigenvalue weighted by molar-refractivity contribution is 0.322. The van der Waals surface area contributed by atoms with Gasteiger partial charge in [0.15, 0.2) is 5.96 Å². The van der Waals surface area contributed by atoms with E-state index in [0.29, 0.717) is 30.2 Å². The molecular formula is C18H19FN4O. The first-order valence-corrected chi connectivity index (χ1v) is 7.54. The van der Waals surface area contributed by atoms with E-state index in [0.717, 1.165) is 5.75 Å². The molecule has 0 bridgehead atoms. The number of nitrogens with zero attached hydrogens (tertiary/aromatic N) is 2. The van der Waals surface area contributed by atoms with Gasteiger partial charge >= 0.3 is 0 Å². The van der Waals surface area contributed by atoms with E-state index < -0.39 is 0 Å². The van der Waals surface area contributed by atoms with Crippen LogP contribution in [0.4, 0.5) is 4.39 Å². The van der Waals surface area contributed by atoms with Crippen LogP contribution in [0.25, 0.3) is 0 Å². The number of rotatable bonds is 6. The maximum absolute atomic E-state index is 13.7. The molecule has 124 valence electrons. The largest absolute Gasteiger partial charge is 0.492 e. The second-order valence-electron chi connectivity index (χ2n) is 4.93. The first-order chi connectivity index (χ1) is 11.7. The van der Waals surface area contributed by atoms with Gasteiger partial charge in [-0.2, -0.15) is 5.26 Å². The molecule has 2 N–H and O–H groups in total. The highest BCUT2D eigenvalue weighted by Crippen LogP contribution is 2.10. The molecule has 0 radical (unpaired) electrons. The lowest BCUT2D eigenvalue weighted by atomic mass is 10.1. The summed E-state index contributed by atoms with van der Waals surface area (Å²) in [7, 11) is 1.63. The number of guanidine groups is 1. The van der Waals surface area contributed by atoms with Crippen LogP contribution in [0, 0.1) is 17.1 Å². The van der Waals surface area contributed by atoms with E-state index in [2.05, 4.69) is 15.6 Å².